The van der Waals surface area contributed by atoms with Gasteiger partial charge in [0.05, 0.1) is 11.1 Å². The molecule has 0 radical (unpaired) electrons. The van der Waals surface area contributed by atoms with Gasteiger partial charge in [0.25, 0.3) is 10.1 Å². The third-order valence-corrected chi connectivity index (χ3v) is 4.17. The van der Waals surface area contributed by atoms with E-state index in [1.807, 2.05) is 0 Å². The van der Waals surface area contributed by atoms with E-state index in [0.29, 0.717) is 11.6 Å². The minimum atomic E-state index is -4.71. The number of carbonyl (C=O) groups is 1. The van der Waals surface area contributed by atoms with Crippen LogP contribution in [0.5, 0.6) is 5.75 Å². The van der Waals surface area contributed by atoms with Gasteiger partial charge in [0.1, 0.15) is 23.7 Å². The lowest BCUT2D eigenvalue weighted by Crippen LogP contribution is -2.30. The van der Waals surface area contributed by atoms with Crippen molar-refractivity contribution >= 4 is 16.1 Å². The van der Waals surface area contributed by atoms with Crippen LogP contribution in [-0.4, -0.2) is 36.9 Å². The number of esters is 1. The number of alkyl halides is 3. The van der Waals surface area contributed by atoms with Crippen molar-refractivity contribution in [1.29, 1.82) is 0 Å². The first-order valence-electron chi connectivity index (χ1n) is 7.32. The number of carbonyl (C=O) groups excluding carboxylic acids is 1. The second kappa shape index (κ2) is 7.67. The Morgan fingerprint density at radius 3 is 2.31 bits per heavy atom. The lowest BCUT2D eigenvalue weighted by atomic mass is 10.0. The van der Waals surface area contributed by atoms with Gasteiger partial charge in [0.2, 0.25) is 0 Å². The summed E-state index contributed by atoms with van der Waals surface area (Å²) in [5, 5.41) is 0. The highest BCUT2D eigenvalue weighted by atomic mass is 32.2. The molecular weight excluding hydrogens is 377 g/mol. The van der Waals surface area contributed by atoms with Crippen molar-refractivity contribution in [3.05, 3.63) is 41.5 Å². The minimum absolute atomic E-state index is 0.263. The summed E-state index contributed by atoms with van der Waals surface area (Å²) in [6, 6.07) is 2.42. The molecule has 0 bridgehead atoms. The molecule has 6 nitrogen and oxygen atoms in total. The number of benzene rings is 1. The summed E-state index contributed by atoms with van der Waals surface area (Å²) >= 11 is 0. The van der Waals surface area contributed by atoms with Crippen LogP contribution in [0.4, 0.5) is 13.2 Å². The molecule has 1 rings (SSSR count). The monoisotopic (exact) mass is 396 g/mol. The third-order valence-electron chi connectivity index (χ3n) is 3.49. The molecule has 10 heteroatoms. The van der Waals surface area contributed by atoms with Gasteiger partial charge in [-0.3, -0.25) is 4.55 Å². The van der Waals surface area contributed by atoms with Gasteiger partial charge in [-0.25, -0.2) is 4.79 Å². The van der Waals surface area contributed by atoms with Gasteiger partial charge in [-0.1, -0.05) is 6.58 Å². The van der Waals surface area contributed by atoms with Crippen LogP contribution in [0.15, 0.2) is 30.4 Å². The Kier molecular flexibility index (Phi) is 6.48. The molecule has 0 fully saturated rings. The van der Waals surface area contributed by atoms with E-state index in [0.717, 1.165) is 12.1 Å². The summed E-state index contributed by atoms with van der Waals surface area (Å²) in [5.74, 6) is -2.47. The Hall–Kier alpha value is -2.07. The second-order valence-electron chi connectivity index (χ2n) is 6.02. The molecule has 0 aliphatic carbocycles. The topological polar surface area (TPSA) is 89.9 Å². The molecule has 0 saturated heterocycles. The van der Waals surface area contributed by atoms with Crippen molar-refractivity contribution in [3.8, 4) is 5.75 Å². The molecule has 0 amide bonds. The van der Waals surface area contributed by atoms with Crippen molar-refractivity contribution in [2.45, 2.75) is 32.5 Å². The fourth-order valence-electron chi connectivity index (χ4n) is 1.65. The van der Waals surface area contributed by atoms with E-state index < -0.39 is 51.5 Å². The van der Waals surface area contributed by atoms with Gasteiger partial charge in [-0.15, -0.1) is 0 Å². The van der Waals surface area contributed by atoms with Crippen LogP contribution < -0.4 is 4.74 Å². The van der Waals surface area contributed by atoms with Crippen LogP contribution in [0, 0.1) is 0 Å². The number of hydrogen-bond donors (Lipinski definition) is 1. The summed E-state index contributed by atoms with van der Waals surface area (Å²) in [6.07, 6.45) is -4.71. The molecule has 146 valence electrons. The number of ether oxygens (including phenoxy) is 2. The first-order chi connectivity index (χ1) is 11.6. The maximum absolute atomic E-state index is 13.2. The maximum Gasteiger partial charge on any atom is 0.419 e. The van der Waals surface area contributed by atoms with Gasteiger partial charge in [-0.05, 0) is 44.5 Å². The first-order valence-corrected chi connectivity index (χ1v) is 8.93. The van der Waals surface area contributed by atoms with Crippen molar-refractivity contribution in [3.63, 3.8) is 0 Å². The van der Waals surface area contributed by atoms with E-state index in [1.54, 1.807) is 6.92 Å². The average molecular weight is 396 g/mol. The Labute approximate surface area is 149 Å². The molecule has 0 saturated carbocycles. The Morgan fingerprint density at radius 2 is 1.85 bits per heavy atom. The summed E-state index contributed by atoms with van der Waals surface area (Å²) in [6.45, 7) is 7.64. The van der Waals surface area contributed by atoms with E-state index in [1.165, 1.54) is 13.8 Å². The van der Waals surface area contributed by atoms with Crippen LogP contribution in [-0.2, 0) is 21.0 Å². The Bertz CT molecular complexity index is 797. The van der Waals surface area contributed by atoms with Crippen LogP contribution in [0.1, 0.15) is 36.7 Å². The number of halogens is 3. The van der Waals surface area contributed by atoms with Crippen LogP contribution in [0.3, 0.4) is 0 Å². The smallest absolute Gasteiger partial charge is 0.419 e. The molecule has 0 atom stereocenters. The van der Waals surface area contributed by atoms with Gasteiger partial charge in [0.15, 0.2) is 0 Å². The van der Waals surface area contributed by atoms with Crippen LogP contribution >= 0.6 is 0 Å². The standard InChI is InChI=1S/C16H19F3O6S/c1-10(2)15(3,4)25-13-9-11(5-6-12(13)16(17,18)19)14(20)24-7-8-26(21,22)23/h5-6,9H,1,7-8H2,2-4H3,(H,21,22,23). The minimum Gasteiger partial charge on any atom is -0.483 e. The van der Waals surface area contributed by atoms with E-state index in [9.17, 15) is 26.4 Å². The highest BCUT2D eigenvalue weighted by Gasteiger charge is 2.36. The molecule has 0 spiro atoms. The van der Waals surface area contributed by atoms with Crippen LogP contribution in [0.2, 0.25) is 0 Å². The molecule has 0 aliphatic rings. The SMILES string of the molecule is C=C(C)C(C)(C)Oc1cc(C(=O)OCCS(=O)(=O)O)ccc1C(F)(F)F. The quantitative estimate of drug-likeness (QED) is 0.431. The highest BCUT2D eigenvalue weighted by Crippen LogP contribution is 2.39. The molecular formula is C16H19F3O6S. The predicted molar refractivity (Wildman–Crippen MR) is 87.7 cm³/mol. The van der Waals surface area contributed by atoms with Crippen molar-refractivity contribution in [1.82, 2.24) is 0 Å². The van der Waals surface area contributed by atoms with Crippen LogP contribution in [0.25, 0.3) is 0 Å². The predicted octanol–water partition coefficient (Wildman–Crippen LogP) is 3.48. The Morgan fingerprint density at radius 1 is 1.27 bits per heavy atom. The Balaban J connectivity index is 3.15. The fraction of sp³-hybridized carbons (Fsp3) is 0.438. The number of rotatable bonds is 7. The average Bonchev–Trinajstić information content (AvgIpc) is 2.43. The van der Waals surface area contributed by atoms with E-state index in [-0.39, 0.29) is 5.56 Å². The molecule has 1 N–H and O–H groups in total. The molecule has 0 heterocycles. The molecule has 26 heavy (non-hydrogen) atoms. The lowest BCUT2D eigenvalue weighted by molar-refractivity contribution is -0.139. The zero-order valence-corrected chi connectivity index (χ0v) is 15.2. The zero-order chi connectivity index (χ0) is 20.3. The largest absolute Gasteiger partial charge is 0.483 e. The van der Waals surface area contributed by atoms with E-state index >= 15 is 0 Å². The van der Waals surface area contributed by atoms with Crippen molar-refractivity contribution in [2.24, 2.45) is 0 Å². The summed E-state index contributed by atoms with van der Waals surface area (Å²) in [7, 11) is -4.33. The van der Waals surface area contributed by atoms with Crippen molar-refractivity contribution in [2.75, 3.05) is 12.4 Å². The van der Waals surface area contributed by atoms with Crippen molar-refractivity contribution < 1.29 is 40.4 Å². The molecule has 0 aromatic heterocycles. The normalized spacial score (nSPS) is 12.6. The molecule has 1 aromatic rings. The fourth-order valence-corrected chi connectivity index (χ4v) is 1.95. The first kappa shape index (κ1) is 22.0. The zero-order valence-electron chi connectivity index (χ0n) is 14.4. The van der Waals surface area contributed by atoms with Gasteiger partial charge in [0, 0.05) is 0 Å². The van der Waals surface area contributed by atoms with Gasteiger partial charge >= 0.3 is 12.1 Å². The molecule has 1 aromatic carbocycles. The summed E-state index contributed by atoms with van der Waals surface area (Å²) in [4.78, 5) is 11.9. The highest BCUT2D eigenvalue weighted by molar-refractivity contribution is 7.85. The third kappa shape index (κ3) is 6.34. The lowest BCUT2D eigenvalue weighted by Gasteiger charge is -2.28. The van der Waals surface area contributed by atoms with E-state index in [2.05, 4.69) is 11.3 Å². The molecule has 0 unspecified atom stereocenters. The van der Waals surface area contributed by atoms with Gasteiger partial charge in [-0.2, -0.15) is 21.6 Å². The second-order valence-corrected chi connectivity index (χ2v) is 7.60. The maximum atomic E-state index is 13.2. The summed E-state index contributed by atoms with van der Waals surface area (Å²) < 4.78 is 79.3. The van der Waals surface area contributed by atoms with Gasteiger partial charge < -0.3 is 9.47 Å². The molecule has 0 aliphatic heterocycles. The summed E-state index contributed by atoms with van der Waals surface area (Å²) in [5.41, 5.74) is -2.01. The number of hydrogen-bond acceptors (Lipinski definition) is 5. The van der Waals surface area contributed by atoms with E-state index in [4.69, 9.17) is 9.29 Å².